The van der Waals surface area contributed by atoms with Crippen LogP contribution < -0.4 is 5.32 Å². The van der Waals surface area contributed by atoms with Gasteiger partial charge in [-0.2, -0.15) is 18.3 Å². The monoisotopic (exact) mass is 391 g/mol. The molecule has 0 saturated heterocycles. The fourth-order valence-corrected chi connectivity index (χ4v) is 3.72. The molecule has 2 atom stereocenters. The highest BCUT2D eigenvalue weighted by atomic mass is 19.4. The number of aromatic nitrogens is 2. The molecule has 0 bridgehead atoms. The zero-order valence-electron chi connectivity index (χ0n) is 15.3. The summed E-state index contributed by atoms with van der Waals surface area (Å²) in [5, 5.41) is 7.02. The second-order valence-electron chi connectivity index (χ2n) is 7.67. The Kier molecular flexibility index (Phi) is 4.51. The van der Waals surface area contributed by atoms with E-state index in [0.717, 1.165) is 25.0 Å². The number of ketones is 1. The molecule has 148 valence electrons. The number of hydrogen-bond acceptors (Lipinski definition) is 3. The molecule has 1 amide bonds. The van der Waals surface area contributed by atoms with Crippen LogP contribution in [0.4, 0.5) is 18.9 Å². The number of halogens is 3. The Bertz CT molecular complexity index is 914. The van der Waals surface area contributed by atoms with Crippen molar-refractivity contribution >= 4 is 17.4 Å². The van der Waals surface area contributed by atoms with Gasteiger partial charge in [0.05, 0.1) is 29.4 Å². The molecule has 2 aromatic rings. The van der Waals surface area contributed by atoms with Gasteiger partial charge in [0, 0.05) is 6.42 Å². The Labute approximate surface area is 159 Å². The molecule has 0 spiro atoms. The third-order valence-electron chi connectivity index (χ3n) is 5.43. The number of carbonyl (C=O) groups excluding carboxylic acids is 2. The van der Waals surface area contributed by atoms with E-state index < -0.39 is 17.7 Å². The van der Waals surface area contributed by atoms with Crippen molar-refractivity contribution in [3.05, 3.63) is 47.3 Å². The number of amides is 1. The third kappa shape index (κ3) is 3.55. The highest BCUT2D eigenvalue weighted by Crippen LogP contribution is 2.39. The van der Waals surface area contributed by atoms with E-state index in [1.54, 1.807) is 4.68 Å². The van der Waals surface area contributed by atoms with Gasteiger partial charge in [0.25, 0.3) is 0 Å². The molecule has 0 radical (unpaired) electrons. The van der Waals surface area contributed by atoms with Gasteiger partial charge in [-0.25, -0.2) is 0 Å². The van der Waals surface area contributed by atoms with E-state index in [0.29, 0.717) is 35.7 Å². The van der Waals surface area contributed by atoms with Crippen LogP contribution in [0, 0.1) is 5.92 Å². The van der Waals surface area contributed by atoms with Crippen LogP contribution in [0.1, 0.15) is 66.2 Å². The number of anilines is 1. The van der Waals surface area contributed by atoms with Gasteiger partial charge in [-0.1, -0.05) is 12.1 Å². The van der Waals surface area contributed by atoms with Crippen LogP contribution in [-0.2, 0) is 11.0 Å². The van der Waals surface area contributed by atoms with Gasteiger partial charge >= 0.3 is 6.18 Å². The number of nitrogens with one attached hydrogen (secondary N) is 1. The van der Waals surface area contributed by atoms with E-state index in [1.807, 2.05) is 6.92 Å². The molecule has 1 aliphatic heterocycles. The number of carbonyl (C=O) groups is 2. The van der Waals surface area contributed by atoms with Crippen LogP contribution >= 0.6 is 0 Å². The Morgan fingerprint density at radius 3 is 2.54 bits per heavy atom. The lowest BCUT2D eigenvalue weighted by Gasteiger charge is -2.28. The number of hydrogen-bond donors (Lipinski definition) is 1. The average molecular weight is 391 g/mol. The van der Waals surface area contributed by atoms with Crippen molar-refractivity contribution in [1.82, 2.24) is 9.78 Å². The Morgan fingerprint density at radius 2 is 1.93 bits per heavy atom. The van der Waals surface area contributed by atoms with Crippen molar-refractivity contribution in [2.45, 2.75) is 50.7 Å². The molecule has 1 fully saturated rings. The van der Waals surface area contributed by atoms with Crippen molar-refractivity contribution in [2.24, 2.45) is 5.92 Å². The normalized spacial score (nSPS) is 22.1. The van der Waals surface area contributed by atoms with E-state index in [9.17, 15) is 22.8 Å². The summed E-state index contributed by atoms with van der Waals surface area (Å²) >= 11 is 0. The summed E-state index contributed by atoms with van der Waals surface area (Å²) in [4.78, 5) is 25.3. The Morgan fingerprint density at radius 1 is 1.25 bits per heavy atom. The zero-order valence-corrected chi connectivity index (χ0v) is 15.3. The number of nitrogens with zero attached hydrogens (tertiary/aromatic N) is 2. The predicted molar refractivity (Wildman–Crippen MR) is 96.0 cm³/mol. The van der Waals surface area contributed by atoms with Crippen molar-refractivity contribution in [3.63, 3.8) is 0 Å². The second kappa shape index (κ2) is 6.76. The zero-order chi connectivity index (χ0) is 20.1. The molecule has 1 aromatic heterocycles. The quantitative estimate of drug-likeness (QED) is 0.830. The first-order valence-electron chi connectivity index (χ1n) is 9.32. The lowest BCUT2D eigenvalue weighted by atomic mass is 9.84. The summed E-state index contributed by atoms with van der Waals surface area (Å²) in [5.41, 5.74) is 0.477. The minimum atomic E-state index is -4.42. The lowest BCUT2D eigenvalue weighted by Crippen LogP contribution is -2.29. The number of benzene rings is 1. The molecule has 1 N–H and O–H groups in total. The van der Waals surface area contributed by atoms with E-state index in [-0.39, 0.29) is 17.7 Å². The number of rotatable bonds is 4. The topological polar surface area (TPSA) is 64.0 Å². The highest BCUT2D eigenvalue weighted by Gasteiger charge is 2.37. The Hall–Kier alpha value is -2.64. The standard InChI is InChI=1S/C20H20F3N3O2/c1-11-8-15(13-4-6-14(7-5-13)20(21,22)23)19(28)18-16(10-24-26(11)18)25-17(27)9-12-2-3-12/h4-7,10-12,15H,2-3,8-9H2,1H3,(H,25,27)/t11-,15?/m0/s1. The second-order valence-corrected chi connectivity index (χ2v) is 7.67. The van der Waals surface area contributed by atoms with Crippen LogP contribution in [0.2, 0.25) is 0 Å². The Balaban J connectivity index is 1.60. The summed E-state index contributed by atoms with van der Waals surface area (Å²) in [6.45, 7) is 1.90. The third-order valence-corrected chi connectivity index (χ3v) is 5.43. The fraction of sp³-hybridized carbons (Fsp3) is 0.450. The molecule has 8 heteroatoms. The molecule has 1 saturated carbocycles. The van der Waals surface area contributed by atoms with E-state index in [1.165, 1.54) is 18.3 Å². The maximum atomic E-state index is 13.1. The van der Waals surface area contributed by atoms with Gasteiger partial charge in [0.1, 0.15) is 5.69 Å². The average Bonchev–Trinajstić information content (AvgIpc) is 3.34. The molecule has 2 aliphatic rings. The maximum absolute atomic E-state index is 13.1. The van der Waals surface area contributed by atoms with Crippen molar-refractivity contribution in [1.29, 1.82) is 0 Å². The molecule has 4 rings (SSSR count). The molecule has 2 heterocycles. The van der Waals surface area contributed by atoms with Crippen LogP contribution in [0.25, 0.3) is 0 Å². The summed E-state index contributed by atoms with van der Waals surface area (Å²) in [5.74, 6) is -0.533. The van der Waals surface area contributed by atoms with E-state index in [2.05, 4.69) is 10.4 Å². The van der Waals surface area contributed by atoms with Gasteiger partial charge in [0.2, 0.25) is 5.91 Å². The van der Waals surface area contributed by atoms with Gasteiger partial charge in [-0.3, -0.25) is 14.3 Å². The molecule has 1 aliphatic carbocycles. The molecule has 1 aromatic carbocycles. The van der Waals surface area contributed by atoms with Crippen molar-refractivity contribution in [2.75, 3.05) is 5.32 Å². The van der Waals surface area contributed by atoms with Gasteiger partial charge < -0.3 is 5.32 Å². The summed E-state index contributed by atoms with van der Waals surface area (Å²) in [6, 6.07) is 4.59. The summed E-state index contributed by atoms with van der Waals surface area (Å²) in [6.07, 6.45) is 0.0196. The van der Waals surface area contributed by atoms with Crippen molar-refractivity contribution < 1.29 is 22.8 Å². The van der Waals surface area contributed by atoms with Crippen LogP contribution in [0.5, 0.6) is 0 Å². The first kappa shape index (κ1) is 18.7. The summed E-state index contributed by atoms with van der Waals surface area (Å²) in [7, 11) is 0. The van der Waals surface area contributed by atoms with E-state index >= 15 is 0 Å². The van der Waals surface area contributed by atoms with Crippen LogP contribution in [0.3, 0.4) is 0 Å². The molecule has 5 nitrogen and oxygen atoms in total. The molecular formula is C20H20F3N3O2. The first-order valence-corrected chi connectivity index (χ1v) is 9.32. The number of Topliss-reactive ketones (excluding diaryl/α,β-unsaturated/α-hetero) is 1. The minimum Gasteiger partial charge on any atom is -0.323 e. The van der Waals surface area contributed by atoms with Gasteiger partial charge in [-0.05, 0) is 49.8 Å². The van der Waals surface area contributed by atoms with Crippen molar-refractivity contribution in [3.8, 4) is 0 Å². The van der Waals surface area contributed by atoms with Crippen LogP contribution in [-0.4, -0.2) is 21.5 Å². The largest absolute Gasteiger partial charge is 0.416 e. The van der Waals surface area contributed by atoms with Gasteiger partial charge in [-0.15, -0.1) is 0 Å². The SMILES string of the molecule is C[C@H]1CC(c2ccc(C(F)(F)F)cc2)C(=O)c2c(NC(=O)CC3CC3)cnn21. The smallest absolute Gasteiger partial charge is 0.323 e. The first-order chi connectivity index (χ1) is 13.2. The number of alkyl halides is 3. The molecular weight excluding hydrogens is 371 g/mol. The molecule has 28 heavy (non-hydrogen) atoms. The lowest BCUT2D eigenvalue weighted by molar-refractivity contribution is -0.137. The summed E-state index contributed by atoms with van der Waals surface area (Å²) < 4.78 is 40.0. The maximum Gasteiger partial charge on any atom is 0.416 e. The highest BCUT2D eigenvalue weighted by molar-refractivity contribution is 6.07. The van der Waals surface area contributed by atoms with Gasteiger partial charge in [0.15, 0.2) is 5.78 Å². The van der Waals surface area contributed by atoms with Crippen LogP contribution in [0.15, 0.2) is 30.5 Å². The van der Waals surface area contributed by atoms with E-state index in [4.69, 9.17) is 0 Å². The fourth-order valence-electron chi connectivity index (χ4n) is 3.72. The minimum absolute atomic E-state index is 0.117. The molecule has 1 unspecified atom stereocenters. The number of fused-ring (bicyclic) bond motifs is 1. The predicted octanol–water partition coefficient (Wildman–Crippen LogP) is 4.57.